The van der Waals surface area contributed by atoms with E-state index in [-0.39, 0.29) is 24.5 Å². The van der Waals surface area contributed by atoms with Crippen LogP contribution in [0.3, 0.4) is 0 Å². The summed E-state index contributed by atoms with van der Waals surface area (Å²) >= 11 is 0. The second-order valence-corrected chi connectivity index (χ2v) is 14.6. The van der Waals surface area contributed by atoms with Crippen LogP contribution in [0.5, 0.6) is 0 Å². The molecule has 0 heterocycles. The summed E-state index contributed by atoms with van der Waals surface area (Å²) in [6.45, 7) is 6.15. The number of sulfonamides is 1. The minimum atomic E-state index is -3.75. The lowest BCUT2D eigenvalue weighted by atomic mass is 9.81. The van der Waals surface area contributed by atoms with Crippen molar-refractivity contribution < 1.29 is 17.9 Å². The average Bonchev–Trinajstić information content (AvgIpc) is 3.23. The van der Waals surface area contributed by atoms with E-state index in [0.717, 1.165) is 57.8 Å². The van der Waals surface area contributed by atoms with Gasteiger partial charge in [0.25, 0.3) is 0 Å². The Hall–Kier alpha value is -0.700. The van der Waals surface area contributed by atoms with Gasteiger partial charge in [0.05, 0.1) is 0 Å². The van der Waals surface area contributed by atoms with Crippen molar-refractivity contribution in [2.45, 2.75) is 146 Å². The highest BCUT2D eigenvalue weighted by Crippen LogP contribution is 2.65. The first kappa shape index (κ1) is 27.3. The van der Waals surface area contributed by atoms with Gasteiger partial charge in [0.1, 0.15) is 16.4 Å². The van der Waals surface area contributed by atoms with E-state index in [9.17, 15) is 4.79 Å². The molecule has 0 aromatic carbocycles. The molecule has 0 amide bonds. The first-order valence-corrected chi connectivity index (χ1v) is 15.7. The summed E-state index contributed by atoms with van der Waals surface area (Å²) in [5, 5.41) is 0. The number of carbonyl (C=O) groups is 1. The number of esters is 1. The number of rotatable bonds is 9. The van der Waals surface area contributed by atoms with Gasteiger partial charge in [-0.1, -0.05) is 65.7 Å². The zero-order valence-electron chi connectivity index (χ0n) is 22.3. The van der Waals surface area contributed by atoms with E-state index >= 15 is 8.42 Å². The molecule has 0 aromatic rings. The molecule has 0 radical (unpaired) electrons. The SMILES string of the molecule is CCC[C@@](N)(CN)C(=O)O[C@@H]1C[C@H]2CC[C@]1(S(=O)(=O)N(C1CCCCC1)C1CCCCC1)C2(C)C. The number of fused-ring (bicyclic) bond motifs is 2. The molecule has 4 rings (SSSR count). The molecule has 2 bridgehead atoms. The van der Waals surface area contributed by atoms with E-state index in [1.807, 2.05) is 11.2 Å². The van der Waals surface area contributed by atoms with Crippen LogP contribution in [0.15, 0.2) is 0 Å². The quantitative estimate of drug-likeness (QED) is 0.448. The molecule has 4 atom stereocenters. The summed E-state index contributed by atoms with van der Waals surface area (Å²) < 4.78 is 37.1. The molecule has 0 saturated heterocycles. The summed E-state index contributed by atoms with van der Waals surface area (Å²) in [5.41, 5.74) is 10.6. The van der Waals surface area contributed by atoms with Crippen molar-refractivity contribution in [3.8, 4) is 0 Å². The van der Waals surface area contributed by atoms with Crippen molar-refractivity contribution in [2.24, 2.45) is 22.8 Å². The second kappa shape index (κ2) is 10.2. The van der Waals surface area contributed by atoms with Crippen molar-refractivity contribution in [2.75, 3.05) is 6.54 Å². The highest BCUT2D eigenvalue weighted by atomic mass is 32.2. The molecule has 4 aliphatic carbocycles. The first-order valence-electron chi connectivity index (χ1n) is 14.3. The Bertz CT molecular complexity index is 848. The standard InChI is InChI=1S/C27H49N3O4S/c1-4-16-26(29,19-28)24(31)34-23-18-20-15-17-27(23,25(20,2)3)35(32,33)30(21-11-7-5-8-12-21)22-13-9-6-10-14-22/h20-23H,4-19,28-29H2,1-3H3/t20-,23-,26-,27-/m1/s1. The van der Waals surface area contributed by atoms with E-state index < -0.39 is 37.8 Å². The van der Waals surface area contributed by atoms with Gasteiger partial charge in [0, 0.05) is 18.6 Å². The Morgan fingerprint density at radius 3 is 2.00 bits per heavy atom. The van der Waals surface area contributed by atoms with Crippen LogP contribution in [0.25, 0.3) is 0 Å². The molecular formula is C27H49N3O4S. The Kier molecular flexibility index (Phi) is 7.98. The molecule has 202 valence electrons. The number of hydrogen-bond donors (Lipinski definition) is 2. The van der Waals surface area contributed by atoms with Gasteiger partial charge in [-0.15, -0.1) is 0 Å². The molecule has 0 unspecified atom stereocenters. The smallest absolute Gasteiger partial charge is 0.327 e. The van der Waals surface area contributed by atoms with Gasteiger partial charge >= 0.3 is 5.97 Å². The third kappa shape index (κ3) is 4.38. The first-order chi connectivity index (χ1) is 16.5. The van der Waals surface area contributed by atoms with E-state index in [4.69, 9.17) is 16.2 Å². The number of nitrogens with zero attached hydrogens (tertiary/aromatic N) is 1. The molecule has 4 aliphatic rings. The Morgan fingerprint density at radius 2 is 1.54 bits per heavy atom. The maximum absolute atomic E-state index is 15.0. The van der Waals surface area contributed by atoms with E-state index in [0.29, 0.717) is 25.7 Å². The van der Waals surface area contributed by atoms with Gasteiger partial charge in [0.15, 0.2) is 0 Å². The molecule has 4 fully saturated rings. The lowest BCUT2D eigenvalue weighted by Crippen LogP contribution is -2.64. The molecule has 4 N–H and O–H groups in total. The van der Waals surface area contributed by atoms with Crippen molar-refractivity contribution in [3.05, 3.63) is 0 Å². The Balaban J connectivity index is 1.73. The van der Waals surface area contributed by atoms with Gasteiger partial charge in [0.2, 0.25) is 10.0 Å². The van der Waals surface area contributed by atoms with Crippen molar-refractivity contribution in [1.29, 1.82) is 0 Å². The molecular weight excluding hydrogens is 462 g/mol. The number of nitrogens with two attached hydrogens (primary N) is 2. The lowest BCUT2D eigenvalue weighted by molar-refractivity contribution is -0.158. The van der Waals surface area contributed by atoms with Crippen molar-refractivity contribution in [3.63, 3.8) is 0 Å². The fourth-order valence-corrected chi connectivity index (χ4v) is 11.4. The van der Waals surface area contributed by atoms with Crippen LogP contribution in [0, 0.1) is 11.3 Å². The highest BCUT2D eigenvalue weighted by Gasteiger charge is 2.74. The summed E-state index contributed by atoms with van der Waals surface area (Å²) in [7, 11) is -3.75. The molecule has 0 aromatic heterocycles. The number of hydrogen-bond acceptors (Lipinski definition) is 6. The normalized spacial score (nSPS) is 33.7. The van der Waals surface area contributed by atoms with Crippen LogP contribution in [-0.2, 0) is 19.6 Å². The Morgan fingerprint density at radius 1 is 1.00 bits per heavy atom. The van der Waals surface area contributed by atoms with Crippen LogP contribution >= 0.6 is 0 Å². The molecule has 4 saturated carbocycles. The molecule has 0 aliphatic heterocycles. The lowest BCUT2D eigenvalue weighted by Gasteiger charge is -2.49. The van der Waals surface area contributed by atoms with Gasteiger partial charge < -0.3 is 16.2 Å². The Labute approximate surface area is 213 Å². The number of ether oxygens (including phenoxy) is 1. The van der Waals surface area contributed by atoms with Gasteiger partial charge in [-0.2, -0.15) is 4.31 Å². The third-order valence-corrected chi connectivity index (χ3v) is 13.4. The number of carbonyl (C=O) groups excluding carboxylic acids is 1. The minimum absolute atomic E-state index is 0.00472. The van der Waals surface area contributed by atoms with E-state index in [1.54, 1.807) is 0 Å². The zero-order chi connectivity index (χ0) is 25.5. The van der Waals surface area contributed by atoms with Crippen LogP contribution in [0.1, 0.15) is 117 Å². The predicted molar refractivity (Wildman–Crippen MR) is 139 cm³/mol. The van der Waals surface area contributed by atoms with Crippen molar-refractivity contribution in [1.82, 2.24) is 4.31 Å². The van der Waals surface area contributed by atoms with Crippen LogP contribution in [-0.4, -0.2) is 53.7 Å². The molecule has 7 nitrogen and oxygen atoms in total. The molecule has 8 heteroatoms. The molecule has 0 spiro atoms. The summed E-state index contributed by atoms with van der Waals surface area (Å²) in [5.74, 6) is -0.322. The van der Waals surface area contributed by atoms with Crippen LogP contribution in [0.2, 0.25) is 0 Å². The summed E-state index contributed by atoms with van der Waals surface area (Å²) in [6, 6.07) is 0.131. The zero-order valence-corrected chi connectivity index (χ0v) is 23.1. The topological polar surface area (TPSA) is 116 Å². The van der Waals surface area contributed by atoms with E-state index in [2.05, 4.69) is 13.8 Å². The van der Waals surface area contributed by atoms with Gasteiger partial charge in [-0.3, -0.25) is 0 Å². The summed E-state index contributed by atoms with van der Waals surface area (Å²) in [6.07, 6.45) is 13.0. The van der Waals surface area contributed by atoms with E-state index in [1.165, 1.54) is 12.8 Å². The maximum Gasteiger partial charge on any atom is 0.327 e. The third-order valence-electron chi connectivity index (χ3n) is 10.3. The maximum atomic E-state index is 15.0. The minimum Gasteiger partial charge on any atom is -0.459 e. The monoisotopic (exact) mass is 511 g/mol. The second-order valence-electron chi connectivity index (χ2n) is 12.5. The van der Waals surface area contributed by atoms with Crippen LogP contribution < -0.4 is 11.5 Å². The molecule has 35 heavy (non-hydrogen) atoms. The van der Waals surface area contributed by atoms with Gasteiger partial charge in [-0.25, -0.2) is 13.2 Å². The van der Waals surface area contributed by atoms with Gasteiger partial charge in [-0.05, 0) is 62.7 Å². The predicted octanol–water partition coefficient (Wildman–Crippen LogP) is 4.23. The fraction of sp³-hybridized carbons (Fsp3) is 0.963. The largest absolute Gasteiger partial charge is 0.459 e. The van der Waals surface area contributed by atoms with Crippen molar-refractivity contribution >= 4 is 16.0 Å². The fourth-order valence-electron chi connectivity index (χ4n) is 8.16. The summed E-state index contributed by atoms with van der Waals surface area (Å²) in [4.78, 5) is 13.3. The van der Waals surface area contributed by atoms with Crippen LogP contribution in [0.4, 0.5) is 0 Å². The highest BCUT2D eigenvalue weighted by molar-refractivity contribution is 7.90. The average molecular weight is 512 g/mol.